The van der Waals surface area contributed by atoms with Gasteiger partial charge in [0.2, 0.25) is 0 Å². The van der Waals surface area contributed by atoms with Crippen molar-refractivity contribution in [2.45, 2.75) is 13.0 Å². The van der Waals surface area contributed by atoms with Crippen LogP contribution in [-0.2, 0) is 13.0 Å². The first-order valence-electron chi connectivity index (χ1n) is 5.27. The molecule has 1 aromatic carbocycles. The monoisotopic (exact) mass is 330 g/mol. The van der Waals surface area contributed by atoms with Crippen molar-refractivity contribution in [1.29, 1.82) is 0 Å². The van der Waals surface area contributed by atoms with E-state index in [1.165, 1.54) is 0 Å². The molecule has 1 N–H and O–H groups in total. The van der Waals surface area contributed by atoms with Crippen molar-refractivity contribution in [2.24, 2.45) is 0 Å². The third-order valence-corrected chi connectivity index (χ3v) is 3.85. The van der Waals surface area contributed by atoms with Gasteiger partial charge in [-0.3, -0.25) is 0 Å². The van der Waals surface area contributed by atoms with E-state index in [4.69, 9.17) is 11.6 Å². The Morgan fingerprint density at radius 1 is 1.41 bits per heavy atom. The molecule has 0 spiro atoms. The molecule has 0 saturated carbocycles. The maximum atomic E-state index is 6.13. The molecule has 0 fully saturated rings. The van der Waals surface area contributed by atoms with Crippen LogP contribution in [0.3, 0.4) is 0 Å². The molecular weight excluding hydrogens is 320 g/mol. The summed E-state index contributed by atoms with van der Waals surface area (Å²) in [5.41, 5.74) is 4.12. The largest absolute Gasteiger partial charge is 0.312 e. The normalized spacial score (nSPS) is 10.7. The van der Waals surface area contributed by atoms with E-state index in [0.29, 0.717) is 0 Å². The molecule has 0 unspecified atom stereocenters. The van der Waals surface area contributed by atoms with Gasteiger partial charge in [0, 0.05) is 34.4 Å². The predicted molar refractivity (Wildman–Crippen MR) is 76.7 cm³/mol. The minimum absolute atomic E-state index is 0.788. The van der Waals surface area contributed by atoms with E-state index in [0.717, 1.165) is 40.3 Å². The molecule has 90 valence electrons. The molecule has 0 radical (unpaired) electrons. The Bertz CT molecular complexity index is 473. The van der Waals surface area contributed by atoms with Crippen molar-refractivity contribution in [2.75, 3.05) is 6.54 Å². The number of hydrogen-bond acceptors (Lipinski definition) is 3. The summed E-state index contributed by atoms with van der Waals surface area (Å²) in [5, 5.41) is 6.23. The number of rotatable bonds is 5. The quantitative estimate of drug-likeness (QED) is 0.841. The summed E-state index contributed by atoms with van der Waals surface area (Å²) in [6, 6.07) is 5.95. The van der Waals surface area contributed by atoms with Crippen molar-refractivity contribution in [3.05, 3.63) is 49.8 Å². The van der Waals surface area contributed by atoms with Crippen LogP contribution in [0.15, 0.2) is 33.6 Å². The van der Waals surface area contributed by atoms with E-state index in [1.54, 1.807) is 11.3 Å². The summed E-state index contributed by atoms with van der Waals surface area (Å²) < 4.78 is 1.01. The van der Waals surface area contributed by atoms with Crippen molar-refractivity contribution >= 4 is 38.9 Å². The molecule has 0 amide bonds. The smallest absolute Gasteiger partial charge is 0.0794 e. The predicted octanol–water partition coefficient (Wildman–Crippen LogP) is 3.89. The summed E-state index contributed by atoms with van der Waals surface area (Å²) in [6.07, 6.45) is 0.956. The van der Waals surface area contributed by atoms with Gasteiger partial charge in [0.05, 0.1) is 11.2 Å². The summed E-state index contributed by atoms with van der Waals surface area (Å²) in [4.78, 5) is 4.24. The van der Waals surface area contributed by atoms with Crippen LogP contribution in [0.5, 0.6) is 0 Å². The first kappa shape index (κ1) is 13.0. The van der Waals surface area contributed by atoms with Crippen LogP contribution < -0.4 is 5.32 Å². The summed E-state index contributed by atoms with van der Waals surface area (Å²) >= 11 is 11.2. The lowest BCUT2D eigenvalue weighted by Gasteiger charge is -2.06. The molecule has 1 aromatic heterocycles. The number of halogens is 2. The van der Waals surface area contributed by atoms with Gasteiger partial charge < -0.3 is 5.32 Å². The van der Waals surface area contributed by atoms with Gasteiger partial charge in [-0.2, -0.15) is 0 Å². The number of nitrogens with one attached hydrogen (secondary N) is 1. The molecular formula is C12H12BrClN2S. The van der Waals surface area contributed by atoms with Crippen LogP contribution in [0.4, 0.5) is 0 Å². The second-order valence-electron chi connectivity index (χ2n) is 3.64. The fraction of sp³-hybridized carbons (Fsp3) is 0.250. The Hall–Kier alpha value is -0.420. The number of thiazole rings is 1. The van der Waals surface area contributed by atoms with Gasteiger partial charge in [0.25, 0.3) is 0 Å². The highest BCUT2D eigenvalue weighted by atomic mass is 79.9. The van der Waals surface area contributed by atoms with Gasteiger partial charge in [0.1, 0.15) is 0 Å². The molecule has 0 aliphatic carbocycles. The SMILES string of the molecule is Clc1cc(Br)ccc1CNCCc1cscn1. The molecule has 1 heterocycles. The van der Waals surface area contributed by atoms with E-state index in [2.05, 4.69) is 31.6 Å². The number of nitrogens with zero attached hydrogens (tertiary/aromatic N) is 1. The van der Waals surface area contributed by atoms with Gasteiger partial charge >= 0.3 is 0 Å². The van der Waals surface area contributed by atoms with Crippen LogP contribution in [0.25, 0.3) is 0 Å². The molecule has 0 saturated heterocycles. The molecule has 0 bridgehead atoms. The van der Waals surface area contributed by atoms with Crippen LogP contribution in [-0.4, -0.2) is 11.5 Å². The minimum atomic E-state index is 0.788. The number of hydrogen-bond donors (Lipinski definition) is 1. The molecule has 0 aliphatic heterocycles. The average Bonchev–Trinajstić information content (AvgIpc) is 2.79. The van der Waals surface area contributed by atoms with Crippen molar-refractivity contribution in [1.82, 2.24) is 10.3 Å². The lowest BCUT2D eigenvalue weighted by Crippen LogP contribution is -2.17. The fourth-order valence-corrected chi connectivity index (χ4v) is 2.80. The first-order chi connectivity index (χ1) is 8.25. The zero-order chi connectivity index (χ0) is 12.1. The summed E-state index contributed by atoms with van der Waals surface area (Å²) in [5.74, 6) is 0. The van der Waals surface area contributed by atoms with E-state index in [1.807, 2.05) is 23.7 Å². The molecule has 17 heavy (non-hydrogen) atoms. The van der Waals surface area contributed by atoms with Crippen LogP contribution >= 0.6 is 38.9 Å². The maximum absolute atomic E-state index is 6.13. The Morgan fingerprint density at radius 2 is 2.29 bits per heavy atom. The second kappa shape index (κ2) is 6.50. The number of aromatic nitrogens is 1. The summed E-state index contributed by atoms with van der Waals surface area (Å²) in [6.45, 7) is 1.70. The highest BCUT2D eigenvalue weighted by Gasteiger charge is 2.01. The first-order valence-corrected chi connectivity index (χ1v) is 7.39. The van der Waals surface area contributed by atoms with E-state index >= 15 is 0 Å². The highest BCUT2D eigenvalue weighted by molar-refractivity contribution is 9.10. The van der Waals surface area contributed by atoms with E-state index in [9.17, 15) is 0 Å². The molecule has 2 nitrogen and oxygen atoms in total. The van der Waals surface area contributed by atoms with Gasteiger partial charge in [-0.1, -0.05) is 33.6 Å². The van der Waals surface area contributed by atoms with Gasteiger partial charge in [-0.15, -0.1) is 11.3 Å². The molecule has 2 rings (SSSR count). The van der Waals surface area contributed by atoms with Crippen molar-refractivity contribution in [3.8, 4) is 0 Å². The minimum Gasteiger partial charge on any atom is -0.312 e. The molecule has 0 atom stereocenters. The Kier molecular flexibility index (Phi) is 4.98. The lowest BCUT2D eigenvalue weighted by atomic mass is 10.2. The molecule has 2 aromatic rings. The standard InChI is InChI=1S/C12H12BrClN2S/c13-10-2-1-9(12(14)5-10)6-15-4-3-11-7-17-8-16-11/h1-2,5,7-8,15H,3-4,6H2. The second-order valence-corrected chi connectivity index (χ2v) is 5.68. The van der Waals surface area contributed by atoms with Crippen molar-refractivity contribution in [3.63, 3.8) is 0 Å². The summed E-state index contributed by atoms with van der Waals surface area (Å²) in [7, 11) is 0. The Balaban J connectivity index is 1.78. The third kappa shape index (κ3) is 4.07. The third-order valence-electron chi connectivity index (χ3n) is 2.37. The Labute approximate surface area is 118 Å². The van der Waals surface area contributed by atoms with Crippen LogP contribution in [0.1, 0.15) is 11.3 Å². The molecule has 5 heteroatoms. The number of benzene rings is 1. The zero-order valence-corrected chi connectivity index (χ0v) is 12.3. The maximum Gasteiger partial charge on any atom is 0.0794 e. The highest BCUT2D eigenvalue weighted by Crippen LogP contribution is 2.21. The fourth-order valence-electron chi connectivity index (χ4n) is 1.47. The van der Waals surface area contributed by atoms with Crippen LogP contribution in [0.2, 0.25) is 5.02 Å². The van der Waals surface area contributed by atoms with E-state index < -0.39 is 0 Å². The van der Waals surface area contributed by atoms with Gasteiger partial charge in [-0.05, 0) is 17.7 Å². The Morgan fingerprint density at radius 3 is 3.00 bits per heavy atom. The van der Waals surface area contributed by atoms with Gasteiger partial charge in [0.15, 0.2) is 0 Å². The topological polar surface area (TPSA) is 24.9 Å². The van der Waals surface area contributed by atoms with Gasteiger partial charge in [-0.25, -0.2) is 4.98 Å². The lowest BCUT2D eigenvalue weighted by molar-refractivity contribution is 0.681. The average molecular weight is 332 g/mol. The van der Waals surface area contributed by atoms with Crippen LogP contribution in [0, 0.1) is 0 Å². The van der Waals surface area contributed by atoms with E-state index in [-0.39, 0.29) is 0 Å². The molecule has 0 aliphatic rings. The van der Waals surface area contributed by atoms with Crippen molar-refractivity contribution < 1.29 is 0 Å². The zero-order valence-electron chi connectivity index (χ0n) is 9.12.